The van der Waals surface area contributed by atoms with Crippen LogP contribution in [0.15, 0.2) is 146 Å². The molecule has 44 heavy (non-hydrogen) atoms. The first kappa shape index (κ1) is 32.4. The minimum Gasteiger partial charge on any atom is -0.165 e. The number of aryl methyl sites for hydroxylation is 2. The fourth-order valence-electron chi connectivity index (χ4n) is 5.27. The Morgan fingerprint density at radius 3 is 1.50 bits per heavy atom. The van der Waals surface area contributed by atoms with Gasteiger partial charge in [0.2, 0.25) is 0 Å². The van der Waals surface area contributed by atoms with E-state index in [1.54, 1.807) is 0 Å². The van der Waals surface area contributed by atoms with E-state index in [0.717, 1.165) is 0 Å². The van der Waals surface area contributed by atoms with E-state index in [0.29, 0.717) is 0 Å². The van der Waals surface area contributed by atoms with Gasteiger partial charge in [-0.15, -0.1) is 69.1 Å². The third kappa shape index (κ3) is 8.17. The van der Waals surface area contributed by atoms with Crippen LogP contribution >= 0.6 is 17.0 Å². The van der Waals surface area contributed by atoms with E-state index < -0.39 is 18.0 Å². The number of fused-ring (bicyclic) bond motifs is 2. The maximum absolute atomic E-state index is 5.62. The average molecular weight is 707 g/mol. The zero-order chi connectivity index (χ0) is 31.1. The molecule has 0 unspecified atom stereocenters. The van der Waals surface area contributed by atoms with Gasteiger partial charge in [0.25, 0.3) is 0 Å². The number of halogens is 2. The van der Waals surface area contributed by atoms with Gasteiger partial charge < -0.3 is 0 Å². The van der Waals surface area contributed by atoms with Crippen LogP contribution in [0.25, 0.3) is 54.9 Å². The van der Waals surface area contributed by atoms with Gasteiger partial charge in [0.1, 0.15) is 0 Å². The average Bonchev–Trinajstić information content (AvgIpc) is 3.66. The Morgan fingerprint density at radius 2 is 1.00 bits per heavy atom. The zero-order valence-electron chi connectivity index (χ0n) is 25.6. The van der Waals surface area contributed by atoms with E-state index in [2.05, 4.69) is 173 Å². The van der Waals surface area contributed by atoms with Gasteiger partial charge in [-0.25, -0.2) is 0 Å². The van der Waals surface area contributed by atoms with Crippen LogP contribution in [0.4, 0.5) is 0 Å². The van der Waals surface area contributed by atoms with Gasteiger partial charge in [0.15, 0.2) is 0 Å². The van der Waals surface area contributed by atoms with Crippen molar-refractivity contribution in [1.82, 2.24) is 0 Å². The number of hydrogen-bond acceptors (Lipinski definition) is 0. The molecule has 0 amide bonds. The number of hydrogen-bond donors (Lipinski definition) is 0. The molecule has 7 aromatic carbocycles. The molecular weight excluding hydrogens is 671 g/mol. The quantitative estimate of drug-likeness (QED) is 0.127. The molecule has 7 aromatic rings. The van der Waals surface area contributed by atoms with E-state index in [1.807, 2.05) is 0 Å². The Hall–Kier alpha value is -3.00. The molecule has 220 valence electrons. The summed E-state index contributed by atoms with van der Waals surface area (Å²) in [6.07, 6.45) is 0. The van der Waals surface area contributed by atoms with Crippen LogP contribution in [0.5, 0.6) is 0 Å². The van der Waals surface area contributed by atoms with E-state index >= 15 is 0 Å². The van der Waals surface area contributed by atoms with Gasteiger partial charge in [-0.2, -0.15) is 6.07 Å². The van der Waals surface area contributed by atoms with Crippen molar-refractivity contribution in [2.75, 3.05) is 0 Å². The summed E-state index contributed by atoms with van der Waals surface area (Å²) in [5.74, 6) is 0. The van der Waals surface area contributed by atoms with Crippen molar-refractivity contribution in [3.8, 4) is 33.4 Å². The van der Waals surface area contributed by atoms with Gasteiger partial charge in [-0.1, -0.05) is 132 Å². The SMILES string of the molecule is C[Si](C)=[Zr]([Cl])[Cl].Cc1cc2c(-c3ccccc3)cccc2[cH-]1.Cc1ccc(-c2cc3c(-c4ccccc4)cccc3[cH-]2)cc1. The largest absolute Gasteiger partial charge is 0.165 e. The van der Waals surface area contributed by atoms with Crippen LogP contribution in [0, 0.1) is 13.8 Å². The molecule has 0 nitrogen and oxygen atoms in total. The van der Waals surface area contributed by atoms with Gasteiger partial charge in [0.05, 0.1) is 0 Å². The Kier molecular flexibility index (Phi) is 11.3. The van der Waals surface area contributed by atoms with Crippen LogP contribution in [0.3, 0.4) is 0 Å². The molecule has 4 heteroatoms. The van der Waals surface area contributed by atoms with E-state index in [-0.39, 0.29) is 5.43 Å². The summed E-state index contributed by atoms with van der Waals surface area (Å²) in [5, 5.41) is 5.31. The maximum atomic E-state index is 5.62. The summed E-state index contributed by atoms with van der Waals surface area (Å²) in [6, 6.07) is 52.0. The zero-order valence-corrected chi connectivity index (χ0v) is 30.6. The van der Waals surface area contributed by atoms with Crippen molar-refractivity contribution in [3.63, 3.8) is 0 Å². The van der Waals surface area contributed by atoms with E-state index in [1.165, 1.54) is 66.1 Å². The molecule has 7 rings (SSSR count). The molecule has 0 saturated heterocycles. The van der Waals surface area contributed by atoms with Gasteiger partial charge in [-0.05, 0) is 18.1 Å². The first-order valence-corrected chi connectivity index (χ1v) is 27.3. The molecule has 0 N–H and O–H groups in total. The van der Waals surface area contributed by atoms with Gasteiger partial charge in [0, 0.05) is 0 Å². The first-order chi connectivity index (χ1) is 21.3. The van der Waals surface area contributed by atoms with Crippen LogP contribution in [-0.2, 0) is 18.0 Å². The molecule has 0 radical (unpaired) electrons. The van der Waals surface area contributed by atoms with E-state index in [9.17, 15) is 0 Å². The predicted octanol–water partition coefficient (Wildman–Crippen LogP) is 12.9. The second-order valence-electron chi connectivity index (χ2n) is 11.3. The monoisotopic (exact) mass is 704 g/mol. The van der Waals surface area contributed by atoms with Crippen molar-refractivity contribution in [1.29, 1.82) is 0 Å². The van der Waals surface area contributed by atoms with Crippen LogP contribution in [0.1, 0.15) is 11.1 Å². The van der Waals surface area contributed by atoms with Crippen molar-refractivity contribution in [3.05, 3.63) is 157 Å². The standard InChI is InChI=1S/C22H17.C16H13.C2H6Si.2ClH.Zr/c1-16-10-12-17(13-11-16)20-14-19-8-5-9-21(22(19)15-20)18-6-3-2-4-7-18;1-12-10-14-8-5-9-15(16(14)11-12)13-6-3-2-4-7-13;1-3-2;;;/h2-15H,1H3;2-11H,1H3;1-2H3;2*1H;/q2*-1;;;;+2/p-2. The summed E-state index contributed by atoms with van der Waals surface area (Å²) in [5.41, 5.74) is 10.2. The Labute approximate surface area is 277 Å². The predicted molar refractivity (Wildman–Crippen MR) is 194 cm³/mol. The second-order valence-corrected chi connectivity index (χ2v) is 34.2. The molecule has 0 saturated carbocycles. The third-order valence-electron chi connectivity index (χ3n) is 7.58. The Balaban J connectivity index is 0.000000153. The maximum Gasteiger partial charge on any atom is -0.0259 e. The van der Waals surface area contributed by atoms with Gasteiger partial charge >= 0.3 is 53.5 Å². The topological polar surface area (TPSA) is 0 Å². The second kappa shape index (κ2) is 15.3. The molecular formula is C40H36Cl2SiZr-2. The number of benzene rings is 5. The van der Waals surface area contributed by atoms with Crippen molar-refractivity contribution < 1.29 is 18.0 Å². The van der Waals surface area contributed by atoms with Crippen molar-refractivity contribution in [2.24, 2.45) is 0 Å². The molecule has 0 aliphatic heterocycles. The third-order valence-corrected chi connectivity index (χ3v) is 27.3. The molecule has 0 aliphatic rings. The molecule has 0 spiro atoms. The normalized spacial score (nSPS) is 10.5. The van der Waals surface area contributed by atoms with Crippen molar-refractivity contribution in [2.45, 2.75) is 26.9 Å². The fraction of sp³-hybridized carbons (Fsp3) is 0.100. The minimum absolute atomic E-state index is 0.224. The van der Waals surface area contributed by atoms with Crippen LogP contribution in [-0.4, -0.2) is 5.43 Å². The van der Waals surface area contributed by atoms with Gasteiger partial charge in [-0.3, -0.25) is 0 Å². The van der Waals surface area contributed by atoms with Crippen LogP contribution < -0.4 is 0 Å². The fourth-order valence-corrected chi connectivity index (χ4v) is 5.27. The molecule has 0 fully saturated rings. The Morgan fingerprint density at radius 1 is 0.523 bits per heavy atom. The summed E-state index contributed by atoms with van der Waals surface area (Å²) in [6.45, 7) is 8.60. The molecule has 0 aromatic heterocycles. The van der Waals surface area contributed by atoms with Crippen LogP contribution in [0.2, 0.25) is 13.1 Å². The summed E-state index contributed by atoms with van der Waals surface area (Å²) in [4.78, 5) is 0. The number of rotatable bonds is 3. The molecule has 0 heterocycles. The summed E-state index contributed by atoms with van der Waals surface area (Å²) >= 11 is -1.65. The molecule has 0 atom stereocenters. The first-order valence-electron chi connectivity index (χ1n) is 14.8. The summed E-state index contributed by atoms with van der Waals surface area (Å²) in [7, 11) is 11.2. The molecule has 0 aliphatic carbocycles. The minimum atomic E-state index is -1.65. The summed E-state index contributed by atoms with van der Waals surface area (Å²) < 4.78 is 0. The molecule has 0 bridgehead atoms. The smallest absolute Gasteiger partial charge is 0.0259 e. The van der Waals surface area contributed by atoms with E-state index in [4.69, 9.17) is 17.0 Å². The Bertz CT molecular complexity index is 1980. The van der Waals surface area contributed by atoms with Crippen molar-refractivity contribution >= 4 is 44.0 Å².